The van der Waals surface area contributed by atoms with E-state index in [1.807, 2.05) is 13.8 Å². The number of benzene rings is 1. The average Bonchev–Trinajstić information content (AvgIpc) is 2.35. The van der Waals surface area contributed by atoms with Crippen LogP contribution in [-0.2, 0) is 15.3 Å². The van der Waals surface area contributed by atoms with E-state index in [2.05, 4.69) is 53.7 Å². The van der Waals surface area contributed by atoms with Crippen molar-refractivity contribution in [3.05, 3.63) is 28.8 Å². The fraction of sp³-hybridized carbons (Fsp3) is 0.667. The van der Waals surface area contributed by atoms with Crippen LogP contribution < -0.4 is 0 Å². The molecule has 0 fully saturated rings. The molecule has 1 rings (SSSR count). The predicted molar refractivity (Wildman–Crippen MR) is 91.3 cm³/mol. The second kappa shape index (κ2) is 7.55. The van der Waals surface area contributed by atoms with Crippen LogP contribution in [0.4, 0.5) is 0 Å². The highest BCUT2D eigenvalue weighted by atomic mass is 32.2. The van der Waals surface area contributed by atoms with E-state index in [4.69, 9.17) is 4.18 Å². The lowest BCUT2D eigenvalue weighted by atomic mass is 9.89. The van der Waals surface area contributed by atoms with Gasteiger partial charge in [0.05, 0.1) is 11.0 Å². The lowest BCUT2D eigenvalue weighted by molar-refractivity contribution is 0.269. The number of hydrogen-bond acceptors (Lipinski definition) is 2. The summed E-state index contributed by atoms with van der Waals surface area (Å²) in [4.78, 5) is 0.887. The molecule has 0 aliphatic rings. The number of rotatable bonds is 6. The third kappa shape index (κ3) is 4.65. The van der Waals surface area contributed by atoms with E-state index >= 15 is 0 Å². The summed E-state index contributed by atoms with van der Waals surface area (Å²) in [5.41, 5.74) is 3.63. The molecule has 1 atom stereocenters. The summed E-state index contributed by atoms with van der Waals surface area (Å²) >= 11 is -1.40. The molecule has 0 aromatic heterocycles. The summed E-state index contributed by atoms with van der Waals surface area (Å²) in [7, 11) is 0. The van der Waals surface area contributed by atoms with Gasteiger partial charge >= 0.3 is 0 Å². The molecule has 3 heteroatoms. The quantitative estimate of drug-likeness (QED) is 0.693. The van der Waals surface area contributed by atoms with E-state index in [0.717, 1.165) is 16.0 Å². The molecule has 21 heavy (non-hydrogen) atoms. The Kier molecular flexibility index (Phi) is 6.61. The van der Waals surface area contributed by atoms with Gasteiger partial charge in [0.1, 0.15) is 0 Å². The van der Waals surface area contributed by atoms with E-state index in [0.29, 0.717) is 17.8 Å². The maximum atomic E-state index is 12.7. The van der Waals surface area contributed by atoms with Gasteiger partial charge in [-0.2, -0.15) is 0 Å². The monoisotopic (exact) mass is 310 g/mol. The summed E-state index contributed by atoms with van der Waals surface area (Å²) in [6.07, 6.45) is -0.0457. The van der Waals surface area contributed by atoms with E-state index in [1.54, 1.807) is 0 Å². The van der Waals surface area contributed by atoms with Crippen molar-refractivity contribution in [2.24, 2.45) is 0 Å². The highest BCUT2D eigenvalue weighted by Crippen LogP contribution is 2.34. The van der Waals surface area contributed by atoms with Gasteiger partial charge in [-0.15, -0.1) is 0 Å². The maximum Gasteiger partial charge on any atom is 0.189 e. The molecule has 0 radical (unpaired) electrons. The minimum atomic E-state index is -1.40. The van der Waals surface area contributed by atoms with Crippen LogP contribution in [0.3, 0.4) is 0 Å². The zero-order valence-corrected chi connectivity index (χ0v) is 15.5. The van der Waals surface area contributed by atoms with Crippen LogP contribution in [0.5, 0.6) is 0 Å². The molecule has 1 aromatic carbocycles. The first kappa shape index (κ1) is 18.4. The van der Waals surface area contributed by atoms with Crippen molar-refractivity contribution >= 4 is 11.1 Å². The lowest BCUT2D eigenvalue weighted by Crippen LogP contribution is -2.13. The van der Waals surface area contributed by atoms with Gasteiger partial charge in [0, 0.05) is 0 Å². The highest BCUT2D eigenvalue weighted by Gasteiger charge is 2.22. The molecular weight excluding hydrogens is 280 g/mol. The summed E-state index contributed by atoms with van der Waals surface area (Å²) < 4.78 is 18.3. The Morgan fingerprint density at radius 2 is 1.24 bits per heavy atom. The second-order valence-electron chi connectivity index (χ2n) is 6.87. The minimum Gasteiger partial charge on any atom is -0.284 e. The van der Waals surface area contributed by atoms with Gasteiger partial charge in [0.15, 0.2) is 11.1 Å². The zero-order valence-electron chi connectivity index (χ0n) is 14.7. The van der Waals surface area contributed by atoms with Crippen LogP contribution in [0.15, 0.2) is 17.0 Å². The molecule has 1 aromatic rings. The van der Waals surface area contributed by atoms with Gasteiger partial charge < -0.3 is 0 Å². The second-order valence-corrected chi connectivity index (χ2v) is 7.94. The molecule has 120 valence electrons. The minimum absolute atomic E-state index is 0.0457. The molecule has 0 aliphatic heterocycles. The lowest BCUT2D eigenvalue weighted by Gasteiger charge is -2.22. The van der Waals surface area contributed by atoms with Gasteiger partial charge in [0.25, 0.3) is 0 Å². The van der Waals surface area contributed by atoms with Crippen molar-refractivity contribution in [2.75, 3.05) is 0 Å². The van der Waals surface area contributed by atoms with E-state index in [9.17, 15) is 4.21 Å². The van der Waals surface area contributed by atoms with Crippen molar-refractivity contribution < 1.29 is 8.39 Å². The zero-order chi connectivity index (χ0) is 16.3. The average molecular weight is 311 g/mol. The van der Waals surface area contributed by atoms with Gasteiger partial charge in [-0.25, -0.2) is 4.21 Å². The summed E-state index contributed by atoms with van der Waals surface area (Å²) in [6.45, 7) is 16.9. The summed E-state index contributed by atoms with van der Waals surface area (Å²) in [5.74, 6) is 1.13. The smallest absolute Gasteiger partial charge is 0.189 e. The first-order valence-electron chi connectivity index (χ1n) is 7.91. The Bertz CT molecular complexity index is 473. The largest absolute Gasteiger partial charge is 0.284 e. The van der Waals surface area contributed by atoms with Crippen molar-refractivity contribution in [2.45, 2.75) is 84.1 Å². The summed E-state index contributed by atoms with van der Waals surface area (Å²) in [6, 6.07) is 4.41. The molecule has 0 N–H and O–H groups in total. The molecule has 2 nitrogen and oxygen atoms in total. The van der Waals surface area contributed by atoms with Crippen molar-refractivity contribution in [1.82, 2.24) is 0 Å². The molecule has 0 saturated heterocycles. The Morgan fingerprint density at radius 3 is 1.52 bits per heavy atom. The molecule has 1 unspecified atom stereocenters. The fourth-order valence-corrected chi connectivity index (χ4v) is 3.72. The Balaban J connectivity index is 3.53. The van der Waals surface area contributed by atoms with Crippen LogP contribution in [0.1, 0.15) is 89.8 Å². The fourth-order valence-electron chi connectivity index (χ4n) is 2.30. The van der Waals surface area contributed by atoms with Crippen molar-refractivity contribution in [3.8, 4) is 0 Å². The van der Waals surface area contributed by atoms with Crippen LogP contribution in [0, 0.1) is 0 Å². The third-order valence-electron chi connectivity index (χ3n) is 3.53. The highest BCUT2D eigenvalue weighted by molar-refractivity contribution is 7.80. The Morgan fingerprint density at radius 1 is 0.810 bits per heavy atom. The van der Waals surface area contributed by atoms with Crippen LogP contribution in [0.25, 0.3) is 0 Å². The Labute approximate surface area is 133 Å². The predicted octanol–water partition coefficient (Wildman–Crippen LogP) is 5.50. The van der Waals surface area contributed by atoms with Crippen LogP contribution in [0.2, 0.25) is 0 Å². The first-order valence-corrected chi connectivity index (χ1v) is 8.99. The molecule has 0 spiro atoms. The first-order chi connectivity index (χ1) is 9.65. The van der Waals surface area contributed by atoms with Crippen LogP contribution >= 0.6 is 0 Å². The number of hydrogen-bond donors (Lipinski definition) is 0. The molecule has 0 amide bonds. The van der Waals surface area contributed by atoms with E-state index < -0.39 is 11.1 Å². The third-order valence-corrected chi connectivity index (χ3v) is 4.89. The van der Waals surface area contributed by atoms with Crippen molar-refractivity contribution in [1.29, 1.82) is 0 Å². The van der Waals surface area contributed by atoms with Gasteiger partial charge in [-0.05, 0) is 48.3 Å². The Hall–Kier alpha value is -0.670. The van der Waals surface area contributed by atoms with Gasteiger partial charge in [-0.1, -0.05) is 53.7 Å². The topological polar surface area (TPSA) is 26.3 Å². The standard InChI is InChI=1S/C18H30O2S/c1-11(2)15-9-16(12(3)4)18(17(10-15)13(5)6)21(19)20-14(7)8/h9-14H,1-8H3. The van der Waals surface area contributed by atoms with Crippen molar-refractivity contribution in [3.63, 3.8) is 0 Å². The molecular formula is C18H30O2S. The van der Waals surface area contributed by atoms with Gasteiger partial charge in [0.2, 0.25) is 0 Å². The molecule has 0 bridgehead atoms. The summed E-state index contributed by atoms with van der Waals surface area (Å²) in [5, 5.41) is 0. The van der Waals surface area contributed by atoms with Gasteiger partial charge in [-0.3, -0.25) is 4.18 Å². The molecule has 0 saturated carbocycles. The normalized spacial score (nSPS) is 13.7. The maximum absolute atomic E-state index is 12.7. The van der Waals surface area contributed by atoms with E-state index in [-0.39, 0.29) is 6.10 Å². The van der Waals surface area contributed by atoms with E-state index in [1.165, 1.54) is 5.56 Å². The SMILES string of the molecule is CC(C)OS(=O)c1c(C(C)C)cc(C(C)C)cc1C(C)C. The molecule has 0 heterocycles. The molecule has 0 aliphatic carbocycles. The van der Waals surface area contributed by atoms with Crippen LogP contribution in [-0.4, -0.2) is 10.3 Å².